The van der Waals surface area contributed by atoms with E-state index in [1.807, 2.05) is 47.5 Å². The summed E-state index contributed by atoms with van der Waals surface area (Å²) in [6, 6.07) is 13.5. The van der Waals surface area contributed by atoms with Gasteiger partial charge in [0.05, 0.1) is 24.4 Å². The quantitative estimate of drug-likeness (QED) is 0.934. The van der Waals surface area contributed by atoms with Gasteiger partial charge in [-0.25, -0.2) is 0 Å². The standard InChI is InChI=1S/C16H15N3O2/c20-15(21)9-13-11-19(14-6-2-1-3-7-14)18-16(13)12-5-4-8-17-10-12/h1-8,10,13H,9,11H2,(H,20,21). The topological polar surface area (TPSA) is 65.8 Å². The number of anilines is 1. The molecule has 0 amide bonds. The van der Waals surface area contributed by atoms with Gasteiger partial charge >= 0.3 is 5.97 Å². The summed E-state index contributed by atoms with van der Waals surface area (Å²) in [6.07, 6.45) is 3.49. The Bertz CT molecular complexity index is 656. The van der Waals surface area contributed by atoms with Crippen LogP contribution in [-0.4, -0.2) is 28.3 Å². The molecule has 0 saturated heterocycles. The zero-order valence-corrected chi connectivity index (χ0v) is 11.4. The van der Waals surface area contributed by atoms with Gasteiger partial charge in [0, 0.05) is 23.9 Å². The number of hydrazone groups is 1. The van der Waals surface area contributed by atoms with Crippen molar-refractivity contribution in [2.75, 3.05) is 11.6 Å². The number of aliphatic carboxylic acids is 1. The molecule has 106 valence electrons. The average molecular weight is 281 g/mol. The van der Waals surface area contributed by atoms with Gasteiger partial charge in [-0.2, -0.15) is 5.10 Å². The first-order valence-electron chi connectivity index (χ1n) is 6.77. The number of rotatable bonds is 4. The zero-order valence-electron chi connectivity index (χ0n) is 11.4. The fourth-order valence-corrected chi connectivity index (χ4v) is 2.49. The Kier molecular flexibility index (Phi) is 3.64. The summed E-state index contributed by atoms with van der Waals surface area (Å²) < 4.78 is 0. The van der Waals surface area contributed by atoms with Crippen LogP contribution in [0.1, 0.15) is 12.0 Å². The van der Waals surface area contributed by atoms with E-state index in [-0.39, 0.29) is 12.3 Å². The Morgan fingerprint density at radius 3 is 2.71 bits per heavy atom. The largest absolute Gasteiger partial charge is 0.481 e. The summed E-state index contributed by atoms with van der Waals surface area (Å²) in [4.78, 5) is 15.2. The molecular formula is C16H15N3O2. The van der Waals surface area contributed by atoms with Crippen molar-refractivity contribution < 1.29 is 9.90 Å². The maximum Gasteiger partial charge on any atom is 0.304 e. The van der Waals surface area contributed by atoms with Crippen LogP contribution in [0.2, 0.25) is 0 Å². The molecule has 1 aliphatic rings. The monoisotopic (exact) mass is 281 g/mol. The molecule has 1 N–H and O–H groups in total. The number of carboxylic acids is 1. The summed E-state index contributed by atoms with van der Waals surface area (Å²) in [5.74, 6) is -0.946. The molecule has 1 aromatic heterocycles. The van der Waals surface area contributed by atoms with Crippen molar-refractivity contribution in [1.82, 2.24) is 4.98 Å². The lowest BCUT2D eigenvalue weighted by molar-refractivity contribution is -0.137. The second-order valence-electron chi connectivity index (χ2n) is 4.94. The molecule has 0 radical (unpaired) electrons. The van der Waals surface area contributed by atoms with E-state index in [1.165, 1.54) is 0 Å². The first-order valence-corrected chi connectivity index (χ1v) is 6.77. The SMILES string of the molecule is O=C(O)CC1CN(c2ccccc2)N=C1c1cccnc1. The van der Waals surface area contributed by atoms with Crippen molar-refractivity contribution in [3.63, 3.8) is 0 Å². The minimum atomic E-state index is -0.813. The lowest BCUT2D eigenvalue weighted by Gasteiger charge is -2.14. The van der Waals surface area contributed by atoms with E-state index in [2.05, 4.69) is 10.1 Å². The van der Waals surface area contributed by atoms with E-state index in [0.717, 1.165) is 17.0 Å². The van der Waals surface area contributed by atoms with Gasteiger partial charge in [-0.3, -0.25) is 14.8 Å². The molecule has 5 heteroatoms. The van der Waals surface area contributed by atoms with Gasteiger partial charge in [0.1, 0.15) is 0 Å². The normalized spacial score (nSPS) is 17.6. The van der Waals surface area contributed by atoms with Crippen LogP contribution >= 0.6 is 0 Å². The van der Waals surface area contributed by atoms with E-state index in [0.29, 0.717) is 6.54 Å². The van der Waals surface area contributed by atoms with E-state index in [1.54, 1.807) is 12.4 Å². The average Bonchev–Trinajstić information content (AvgIpc) is 2.92. The van der Waals surface area contributed by atoms with E-state index < -0.39 is 5.97 Å². The highest BCUT2D eigenvalue weighted by Crippen LogP contribution is 2.26. The minimum absolute atomic E-state index is 0.0665. The zero-order chi connectivity index (χ0) is 14.7. The number of nitrogens with zero attached hydrogens (tertiary/aromatic N) is 3. The molecule has 5 nitrogen and oxygen atoms in total. The Labute approximate surface area is 122 Å². The summed E-state index contributed by atoms with van der Waals surface area (Å²) >= 11 is 0. The van der Waals surface area contributed by atoms with Gasteiger partial charge in [-0.05, 0) is 24.3 Å². The van der Waals surface area contributed by atoms with Crippen LogP contribution in [0.3, 0.4) is 0 Å². The fourth-order valence-electron chi connectivity index (χ4n) is 2.49. The summed E-state index contributed by atoms with van der Waals surface area (Å²) in [5, 5.41) is 15.6. The number of pyridine rings is 1. The molecule has 0 saturated carbocycles. The summed E-state index contributed by atoms with van der Waals surface area (Å²) in [5.41, 5.74) is 2.63. The highest BCUT2D eigenvalue weighted by atomic mass is 16.4. The highest BCUT2D eigenvalue weighted by molar-refractivity contribution is 6.05. The number of hydrogen-bond donors (Lipinski definition) is 1. The number of hydrogen-bond acceptors (Lipinski definition) is 4. The van der Waals surface area contributed by atoms with E-state index in [4.69, 9.17) is 5.11 Å². The number of para-hydroxylation sites is 1. The molecule has 21 heavy (non-hydrogen) atoms. The third-order valence-corrected chi connectivity index (χ3v) is 3.44. The third kappa shape index (κ3) is 2.91. The lowest BCUT2D eigenvalue weighted by atomic mass is 9.95. The molecule has 0 bridgehead atoms. The van der Waals surface area contributed by atoms with Crippen molar-refractivity contribution in [1.29, 1.82) is 0 Å². The van der Waals surface area contributed by atoms with Gasteiger partial charge < -0.3 is 5.11 Å². The first-order chi connectivity index (χ1) is 10.2. The van der Waals surface area contributed by atoms with Crippen LogP contribution in [-0.2, 0) is 4.79 Å². The first kappa shape index (κ1) is 13.3. The van der Waals surface area contributed by atoms with E-state index in [9.17, 15) is 4.79 Å². The predicted molar refractivity (Wildman–Crippen MR) is 80.3 cm³/mol. The van der Waals surface area contributed by atoms with Crippen LogP contribution in [0, 0.1) is 5.92 Å². The molecule has 2 aromatic rings. The van der Waals surface area contributed by atoms with Crippen molar-refractivity contribution in [3.8, 4) is 0 Å². The van der Waals surface area contributed by atoms with Crippen molar-refractivity contribution >= 4 is 17.4 Å². The summed E-state index contributed by atoms with van der Waals surface area (Å²) in [7, 11) is 0. The van der Waals surface area contributed by atoms with Crippen molar-refractivity contribution in [3.05, 3.63) is 60.4 Å². The minimum Gasteiger partial charge on any atom is -0.481 e. The Hall–Kier alpha value is -2.69. The van der Waals surface area contributed by atoms with Gasteiger partial charge in [-0.1, -0.05) is 18.2 Å². The maximum atomic E-state index is 11.1. The predicted octanol–water partition coefficient (Wildman–Crippen LogP) is 2.40. The van der Waals surface area contributed by atoms with Crippen LogP contribution in [0.25, 0.3) is 0 Å². The van der Waals surface area contributed by atoms with Gasteiger partial charge in [0.15, 0.2) is 0 Å². The lowest BCUT2D eigenvalue weighted by Crippen LogP contribution is -2.22. The fraction of sp³-hybridized carbons (Fsp3) is 0.188. The summed E-state index contributed by atoms with van der Waals surface area (Å²) in [6.45, 7) is 0.570. The highest BCUT2D eigenvalue weighted by Gasteiger charge is 2.30. The number of benzene rings is 1. The molecule has 0 aliphatic carbocycles. The second-order valence-corrected chi connectivity index (χ2v) is 4.94. The van der Waals surface area contributed by atoms with Gasteiger partial charge in [0.2, 0.25) is 0 Å². The molecule has 3 rings (SSSR count). The Balaban J connectivity index is 1.93. The Morgan fingerprint density at radius 1 is 1.24 bits per heavy atom. The Morgan fingerprint density at radius 2 is 2.05 bits per heavy atom. The van der Waals surface area contributed by atoms with Crippen LogP contribution in [0.5, 0.6) is 0 Å². The molecule has 0 spiro atoms. The van der Waals surface area contributed by atoms with E-state index >= 15 is 0 Å². The van der Waals surface area contributed by atoms with Crippen LogP contribution in [0.4, 0.5) is 5.69 Å². The van der Waals surface area contributed by atoms with Crippen molar-refractivity contribution in [2.24, 2.45) is 11.0 Å². The van der Waals surface area contributed by atoms with Crippen molar-refractivity contribution in [2.45, 2.75) is 6.42 Å². The number of aromatic nitrogens is 1. The van der Waals surface area contributed by atoms with Crippen LogP contribution < -0.4 is 5.01 Å². The van der Waals surface area contributed by atoms with Gasteiger partial charge in [0.25, 0.3) is 0 Å². The molecule has 0 fully saturated rings. The van der Waals surface area contributed by atoms with Gasteiger partial charge in [-0.15, -0.1) is 0 Å². The number of carboxylic acid groups (broad SMARTS) is 1. The molecule has 1 unspecified atom stereocenters. The molecule has 1 aliphatic heterocycles. The molecule has 2 heterocycles. The molecule has 1 atom stereocenters. The number of carbonyl (C=O) groups is 1. The second kappa shape index (κ2) is 5.75. The molecular weight excluding hydrogens is 266 g/mol. The third-order valence-electron chi connectivity index (χ3n) is 3.44. The maximum absolute atomic E-state index is 11.1. The molecule has 1 aromatic carbocycles. The van der Waals surface area contributed by atoms with Crippen LogP contribution in [0.15, 0.2) is 60.0 Å². The smallest absolute Gasteiger partial charge is 0.304 e.